The molecule has 0 fully saturated rings. The lowest BCUT2D eigenvalue weighted by Crippen LogP contribution is -2.04. The van der Waals surface area contributed by atoms with Gasteiger partial charge in [0, 0.05) is 5.57 Å². The van der Waals surface area contributed by atoms with Crippen LogP contribution >= 0.6 is 0 Å². The summed E-state index contributed by atoms with van der Waals surface area (Å²) < 4.78 is 5.19. The predicted molar refractivity (Wildman–Crippen MR) is 102 cm³/mol. The molecular weight excluding hydrogens is 308 g/mol. The highest BCUT2D eigenvalue weighted by Gasteiger charge is 2.07. The molecule has 0 N–H and O–H groups in total. The first kappa shape index (κ1) is 16.7. The topological polar surface area (TPSA) is 26.3 Å². The molecule has 0 bridgehead atoms. The van der Waals surface area contributed by atoms with Crippen LogP contribution in [0.4, 0.5) is 0 Å². The molecule has 3 aromatic carbocycles. The van der Waals surface area contributed by atoms with Crippen molar-refractivity contribution in [2.24, 2.45) is 0 Å². The molecule has 25 heavy (non-hydrogen) atoms. The molecule has 124 valence electrons. The minimum absolute atomic E-state index is 0.256. The van der Waals surface area contributed by atoms with Crippen molar-refractivity contribution in [2.45, 2.75) is 13.5 Å². The highest BCUT2D eigenvalue weighted by Crippen LogP contribution is 2.31. The second-order valence-corrected chi connectivity index (χ2v) is 5.96. The van der Waals surface area contributed by atoms with Crippen LogP contribution in [0.2, 0.25) is 0 Å². The van der Waals surface area contributed by atoms with Crippen LogP contribution in [0.5, 0.6) is 0 Å². The van der Waals surface area contributed by atoms with E-state index in [0.717, 1.165) is 11.1 Å². The van der Waals surface area contributed by atoms with Crippen LogP contribution in [0, 0.1) is 0 Å². The van der Waals surface area contributed by atoms with Crippen molar-refractivity contribution in [1.82, 2.24) is 0 Å². The summed E-state index contributed by atoms with van der Waals surface area (Å²) in [6.07, 6.45) is 0. The third kappa shape index (κ3) is 4.04. The highest BCUT2D eigenvalue weighted by molar-refractivity contribution is 5.87. The van der Waals surface area contributed by atoms with Gasteiger partial charge >= 0.3 is 5.97 Å². The first-order valence-corrected chi connectivity index (χ1v) is 8.21. The third-order valence-electron chi connectivity index (χ3n) is 4.00. The molecule has 2 nitrogen and oxygen atoms in total. The fourth-order valence-corrected chi connectivity index (χ4v) is 2.66. The van der Waals surface area contributed by atoms with E-state index >= 15 is 0 Å². The van der Waals surface area contributed by atoms with E-state index in [-0.39, 0.29) is 12.6 Å². The third-order valence-corrected chi connectivity index (χ3v) is 4.00. The fourth-order valence-electron chi connectivity index (χ4n) is 2.66. The zero-order valence-corrected chi connectivity index (χ0v) is 14.2. The monoisotopic (exact) mass is 328 g/mol. The van der Waals surface area contributed by atoms with Crippen molar-refractivity contribution in [2.75, 3.05) is 0 Å². The van der Waals surface area contributed by atoms with Crippen LogP contribution in [-0.4, -0.2) is 5.97 Å². The van der Waals surface area contributed by atoms with E-state index in [1.165, 1.54) is 16.7 Å². The number of ether oxygens (including phenoxy) is 1. The molecule has 0 spiro atoms. The minimum atomic E-state index is -0.363. The van der Waals surface area contributed by atoms with Gasteiger partial charge in [0.1, 0.15) is 6.61 Å². The molecule has 2 heteroatoms. The average molecular weight is 328 g/mol. The Bertz CT molecular complexity index is 877. The van der Waals surface area contributed by atoms with Gasteiger partial charge in [-0.05, 0) is 34.7 Å². The van der Waals surface area contributed by atoms with E-state index in [1.807, 2.05) is 36.4 Å². The van der Waals surface area contributed by atoms with Crippen LogP contribution in [0.1, 0.15) is 12.5 Å². The number of rotatable bonds is 5. The summed E-state index contributed by atoms with van der Waals surface area (Å²) in [6, 6.07) is 26.8. The second kappa shape index (κ2) is 7.63. The van der Waals surface area contributed by atoms with Gasteiger partial charge in [-0.25, -0.2) is 4.79 Å². The largest absolute Gasteiger partial charge is 0.457 e. The van der Waals surface area contributed by atoms with Gasteiger partial charge in [-0.3, -0.25) is 0 Å². The van der Waals surface area contributed by atoms with Gasteiger partial charge < -0.3 is 4.74 Å². The Morgan fingerprint density at radius 3 is 1.88 bits per heavy atom. The molecule has 0 radical (unpaired) electrons. The molecule has 0 aliphatic heterocycles. The normalized spacial score (nSPS) is 10.3. The summed E-state index contributed by atoms with van der Waals surface area (Å²) in [5.41, 5.74) is 6.07. The van der Waals surface area contributed by atoms with Gasteiger partial charge in [-0.2, -0.15) is 0 Å². The van der Waals surface area contributed by atoms with Crippen LogP contribution in [0.25, 0.3) is 22.3 Å². The summed E-state index contributed by atoms with van der Waals surface area (Å²) in [7, 11) is 0. The maximum atomic E-state index is 11.5. The molecule has 0 amide bonds. The van der Waals surface area contributed by atoms with E-state index in [9.17, 15) is 4.79 Å². The molecule has 0 atom stereocenters. The number of hydrogen-bond acceptors (Lipinski definition) is 2. The summed E-state index contributed by atoms with van der Waals surface area (Å²) >= 11 is 0. The van der Waals surface area contributed by atoms with Gasteiger partial charge in [0.05, 0.1) is 0 Å². The smallest absolute Gasteiger partial charge is 0.333 e. The minimum Gasteiger partial charge on any atom is -0.457 e. The Morgan fingerprint density at radius 1 is 0.800 bits per heavy atom. The van der Waals surface area contributed by atoms with Gasteiger partial charge in [-0.1, -0.05) is 85.4 Å². The zero-order chi connectivity index (χ0) is 17.6. The lowest BCUT2D eigenvalue weighted by atomic mass is 9.94. The molecule has 0 aliphatic rings. The van der Waals surface area contributed by atoms with Crippen LogP contribution in [0.3, 0.4) is 0 Å². The predicted octanol–water partition coefficient (Wildman–Crippen LogP) is 5.64. The first-order valence-electron chi connectivity index (χ1n) is 8.21. The molecule has 0 aliphatic carbocycles. The van der Waals surface area contributed by atoms with Gasteiger partial charge in [0.25, 0.3) is 0 Å². The van der Waals surface area contributed by atoms with Gasteiger partial charge in [-0.15, -0.1) is 0 Å². The molecule has 0 aromatic heterocycles. The highest BCUT2D eigenvalue weighted by atomic mass is 16.5. The van der Waals surface area contributed by atoms with Crippen LogP contribution < -0.4 is 0 Å². The van der Waals surface area contributed by atoms with Crippen molar-refractivity contribution in [3.63, 3.8) is 0 Å². The zero-order valence-electron chi connectivity index (χ0n) is 14.2. The standard InChI is InChI=1S/C23H20O2/c1-17(2)23(24)25-16-18-12-14-20(15-13-18)22-11-7-6-10-21(22)19-8-4-3-5-9-19/h3-15H,1,16H2,2H3. The van der Waals surface area contributed by atoms with Crippen LogP contribution in [0.15, 0.2) is 91.0 Å². The lowest BCUT2D eigenvalue weighted by Gasteiger charge is -2.11. The van der Waals surface area contributed by atoms with Crippen molar-refractivity contribution in [3.8, 4) is 22.3 Å². The number of esters is 1. The maximum Gasteiger partial charge on any atom is 0.333 e. The van der Waals surface area contributed by atoms with Gasteiger partial charge in [0.2, 0.25) is 0 Å². The van der Waals surface area contributed by atoms with Crippen molar-refractivity contribution < 1.29 is 9.53 Å². The molecule has 0 saturated carbocycles. The van der Waals surface area contributed by atoms with Crippen molar-refractivity contribution in [1.29, 1.82) is 0 Å². The summed E-state index contributed by atoms with van der Waals surface area (Å²) in [5.74, 6) is -0.363. The fraction of sp³-hybridized carbons (Fsp3) is 0.0870. The van der Waals surface area contributed by atoms with E-state index in [2.05, 4.69) is 49.0 Å². The Morgan fingerprint density at radius 2 is 1.32 bits per heavy atom. The Hall–Kier alpha value is -3.13. The van der Waals surface area contributed by atoms with E-state index in [0.29, 0.717) is 5.57 Å². The number of carbonyl (C=O) groups is 1. The first-order chi connectivity index (χ1) is 12.1. The summed E-state index contributed by atoms with van der Waals surface area (Å²) in [4.78, 5) is 11.5. The van der Waals surface area contributed by atoms with E-state index in [4.69, 9.17) is 4.74 Å². The number of carbonyl (C=O) groups excluding carboxylic acids is 1. The Balaban J connectivity index is 1.84. The van der Waals surface area contributed by atoms with E-state index < -0.39 is 0 Å². The number of hydrogen-bond donors (Lipinski definition) is 0. The molecular formula is C23H20O2. The Kier molecular flexibility index (Phi) is 5.10. The van der Waals surface area contributed by atoms with Crippen molar-refractivity contribution in [3.05, 3.63) is 96.6 Å². The molecule has 0 heterocycles. The lowest BCUT2D eigenvalue weighted by molar-refractivity contribution is -0.140. The quantitative estimate of drug-likeness (QED) is 0.447. The molecule has 0 unspecified atom stereocenters. The van der Waals surface area contributed by atoms with Crippen LogP contribution in [-0.2, 0) is 16.1 Å². The van der Waals surface area contributed by atoms with Crippen molar-refractivity contribution >= 4 is 5.97 Å². The number of benzene rings is 3. The maximum absolute atomic E-state index is 11.5. The molecule has 0 saturated heterocycles. The Labute approximate surface area is 148 Å². The second-order valence-electron chi connectivity index (χ2n) is 5.96. The van der Waals surface area contributed by atoms with E-state index in [1.54, 1.807) is 6.92 Å². The SMILES string of the molecule is C=C(C)C(=O)OCc1ccc(-c2ccccc2-c2ccccc2)cc1. The van der Waals surface area contributed by atoms with Gasteiger partial charge in [0.15, 0.2) is 0 Å². The molecule has 3 aromatic rings. The summed E-state index contributed by atoms with van der Waals surface area (Å²) in [6.45, 7) is 5.49. The summed E-state index contributed by atoms with van der Waals surface area (Å²) in [5, 5.41) is 0. The molecule has 3 rings (SSSR count). The average Bonchev–Trinajstić information content (AvgIpc) is 2.67.